The zero-order valence-electron chi connectivity index (χ0n) is 10.4. The molecule has 0 aliphatic heterocycles. The molecule has 1 N–H and O–H groups in total. The Kier molecular flexibility index (Phi) is 4.71. The van der Waals surface area contributed by atoms with Gasteiger partial charge in [-0.25, -0.2) is 0 Å². The normalized spacial score (nSPS) is 13.0. The molecule has 1 atom stereocenters. The fraction of sp³-hybridized carbons (Fsp3) is 0.308. The summed E-state index contributed by atoms with van der Waals surface area (Å²) < 4.78 is 3.39. The van der Waals surface area contributed by atoms with Crippen molar-refractivity contribution in [2.75, 3.05) is 0 Å². The molecule has 1 aromatic heterocycles. The minimum absolute atomic E-state index is 0.168. The van der Waals surface area contributed by atoms with Gasteiger partial charge in [-0.1, -0.05) is 17.7 Å². The predicted octanol–water partition coefficient (Wildman–Crippen LogP) is 4.72. The minimum atomic E-state index is -0.773. The molecule has 1 heterocycles. The summed E-state index contributed by atoms with van der Waals surface area (Å²) in [4.78, 5) is 0. The van der Waals surface area contributed by atoms with Crippen LogP contribution in [0.15, 0.2) is 33.3 Å². The molecule has 0 radical (unpaired) electrons. The maximum atomic E-state index is 10.5. The van der Waals surface area contributed by atoms with E-state index in [-0.39, 0.29) is 6.04 Å². The van der Waals surface area contributed by atoms with Gasteiger partial charge in [-0.05, 0) is 63.4 Å². The van der Waals surface area contributed by atoms with E-state index in [9.17, 15) is 5.11 Å². The quantitative estimate of drug-likeness (QED) is 0.798. The van der Waals surface area contributed by atoms with Crippen LogP contribution in [0.25, 0.3) is 0 Å². The average Bonchev–Trinajstić information content (AvgIpc) is 2.74. The summed E-state index contributed by atoms with van der Waals surface area (Å²) in [5.74, 6) is 0. The molecular weight excluding hydrogens is 395 g/mol. The largest absolute Gasteiger partial charge is 0.382 e. The summed E-state index contributed by atoms with van der Waals surface area (Å²) in [5, 5.41) is 15.4. The standard InChI is InChI=1S/C13H13Br2ClN2O/c1-7(2)18-12(10(15)6-17-18)13(19)8-3-4-9(14)11(16)5-8/h3-7,13,19H,1-2H3. The van der Waals surface area contributed by atoms with Crippen molar-refractivity contribution in [1.82, 2.24) is 9.78 Å². The Morgan fingerprint density at radius 2 is 1.95 bits per heavy atom. The number of aromatic nitrogens is 2. The number of hydrogen-bond acceptors (Lipinski definition) is 2. The lowest BCUT2D eigenvalue weighted by Crippen LogP contribution is -2.12. The van der Waals surface area contributed by atoms with E-state index in [1.165, 1.54) is 0 Å². The van der Waals surface area contributed by atoms with Gasteiger partial charge in [-0.15, -0.1) is 0 Å². The second kappa shape index (κ2) is 5.95. The van der Waals surface area contributed by atoms with E-state index in [1.807, 2.05) is 26.0 Å². The second-order valence-corrected chi connectivity index (χ2v) is 6.61. The summed E-state index contributed by atoms with van der Waals surface area (Å²) in [5.41, 5.74) is 1.46. The smallest absolute Gasteiger partial charge is 0.122 e. The van der Waals surface area contributed by atoms with Gasteiger partial charge in [0, 0.05) is 10.5 Å². The van der Waals surface area contributed by atoms with E-state index >= 15 is 0 Å². The lowest BCUT2D eigenvalue weighted by molar-refractivity contribution is 0.204. The first kappa shape index (κ1) is 15.0. The van der Waals surface area contributed by atoms with Crippen molar-refractivity contribution in [2.45, 2.75) is 26.0 Å². The van der Waals surface area contributed by atoms with Crippen LogP contribution in [-0.4, -0.2) is 14.9 Å². The highest BCUT2D eigenvalue weighted by Crippen LogP contribution is 2.33. The third-order valence-electron chi connectivity index (χ3n) is 2.79. The number of hydrogen-bond donors (Lipinski definition) is 1. The number of rotatable bonds is 3. The lowest BCUT2D eigenvalue weighted by atomic mass is 10.1. The molecule has 0 aliphatic carbocycles. The Morgan fingerprint density at radius 3 is 2.53 bits per heavy atom. The first-order chi connectivity index (χ1) is 8.91. The number of halogens is 3. The number of benzene rings is 1. The molecule has 19 heavy (non-hydrogen) atoms. The highest BCUT2D eigenvalue weighted by atomic mass is 79.9. The number of aliphatic hydroxyl groups excluding tert-OH is 1. The zero-order valence-corrected chi connectivity index (χ0v) is 14.4. The monoisotopic (exact) mass is 406 g/mol. The van der Waals surface area contributed by atoms with Gasteiger partial charge in [-0.3, -0.25) is 4.68 Å². The van der Waals surface area contributed by atoms with Gasteiger partial charge in [0.15, 0.2) is 0 Å². The van der Waals surface area contributed by atoms with Crippen LogP contribution in [0.1, 0.15) is 37.3 Å². The minimum Gasteiger partial charge on any atom is -0.382 e. The van der Waals surface area contributed by atoms with Crippen LogP contribution >= 0.6 is 43.5 Å². The molecule has 1 aromatic carbocycles. The first-order valence-electron chi connectivity index (χ1n) is 5.77. The fourth-order valence-electron chi connectivity index (χ4n) is 1.86. The number of nitrogens with zero attached hydrogens (tertiary/aromatic N) is 2. The van der Waals surface area contributed by atoms with Gasteiger partial charge in [0.2, 0.25) is 0 Å². The van der Waals surface area contributed by atoms with E-state index in [0.717, 1.165) is 20.2 Å². The summed E-state index contributed by atoms with van der Waals surface area (Å²) in [6.45, 7) is 4.04. The molecular formula is C13H13Br2ClN2O. The zero-order chi connectivity index (χ0) is 14.2. The van der Waals surface area contributed by atoms with Crippen LogP contribution in [0.5, 0.6) is 0 Å². The van der Waals surface area contributed by atoms with Crippen molar-refractivity contribution in [3.63, 3.8) is 0 Å². The summed E-state index contributed by atoms with van der Waals surface area (Å²) in [6, 6.07) is 5.58. The summed E-state index contributed by atoms with van der Waals surface area (Å²) in [6.07, 6.45) is 0.920. The molecule has 0 spiro atoms. The van der Waals surface area contributed by atoms with Gasteiger partial charge in [-0.2, -0.15) is 5.10 Å². The molecule has 0 saturated carbocycles. The Balaban J connectivity index is 2.46. The van der Waals surface area contributed by atoms with Crippen molar-refractivity contribution < 1.29 is 5.11 Å². The Labute approximate surface area is 133 Å². The Hall–Kier alpha value is -0.360. The highest BCUT2D eigenvalue weighted by molar-refractivity contribution is 9.10. The molecule has 2 rings (SSSR count). The third-order valence-corrected chi connectivity index (χ3v) is 4.64. The van der Waals surface area contributed by atoms with Crippen LogP contribution in [0.2, 0.25) is 5.02 Å². The van der Waals surface area contributed by atoms with Gasteiger partial charge in [0.1, 0.15) is 6.10 Å². The van der Waals surface area contributed by atoms with Crippen LogP contribution in [0.4, 0.5) is 0 Å². The molecule has 0 amide bonds. The molecule has 1 unspecified atom stereocenters. The summed E-state index contributed by atoms with van der Waals surface area (Å²) in [7, 11) is 0. The van der Waals surface area contributed by atoms with Gasteiger partial charge < -0.3 is 5.11 Å². The van der Waals surface area contributed by atoms with Gasteiger partial charge in [0.05, 0.1) is 21.4 Å². The van der Waals surface area contributed by atoms with E-state index in [2.05, 4.69) is 37.0 Å². The molecule has 3 nitrogen and oxygen atoms in total. The van der Waals surface area contributed by atoms with Crippen molar-refractivity contribution in [1.29, 1.82) is 0 Å². The fourth-order valence-corrected chi connectivity index (χ4v) is 2.78. The molecule has 0 aliphatic rings. The first-order valence-corrected chi connectivity index (χ1v) is 7.74. The SMILES string of the molecule is CC(C)n1ncc(Br)c1C(O)c1ccc(Br)c(Cl)c1. The van der Waals surface area contributed by atoms with Crippen molar-refractivity contribution >= 4 is 43.5 Å². The highest BCUT2D eigenvalue weighted by Gasteiger charge is 2.21. The van der Waals surface area contributed by atoms with E-state index in [0.29, 0.717) is 5.02 Å². The van der Waals surface area contributed by atoms with E-state index < -0.39 is 6.10 Å². The summed E-state index contributed by atoms with van der Waals surface area (Å²) >= 11 is 12.8. The van der Waals surface area contributed by atoms with Crippen LogP contribution in [0.3, 0.4) is 0 Å². The van der Waals surface area contributed by atoms with E-state index in [4.69, 9.17) is 11.6 Å². The molecule has 102 valence electrons. The molecule has 0 saturated heterocycles. The molecule has 2 aromatic rings. The van der Waals surface area contributed by atoms with Crippen LogP contribution in [0, 0.1) is 0 Å². The molecule has 6 heteroatoms. The number of aliphatic hydroxyl groups is 1. The predicted molar refractivity (Wildman–Crippen MR) is 83.5 cm³/mol. The van der Waals surface area contributed by atoms with Gasteiger partial charge >= 0.3 is 0 Å². The maximum Gasteiger partial charge on any atom is 0.122 e. The molecule has 0 fully saturated rings. The maximum absolute atomic E-state index is 10.5. The van der Waals surface area contributed by atoms with E-state index in [1.54, 1.807) is 16.9 Å². The van der Waals surface area contributed by atoms with Gasteiger partial charge in [0.25, 0.3) is 0 Å². The van der Waals surface area contributed by atoms with Crippen LogP contribution < -0.4 is 0 Å². The Bertz CT molecular complexity index is 598. The Morgan fingerprint density at radius 1 is 1.26 bits per heavy atom. The van der Waals surface area contributed by atoms with Crippen molar-refractivity contribution in [3.05, 3.63) is 49.6 Å². The van der Waals surface area contributed by atoms with Crippen molar-refractivity contribution in [3.8, 4) is 0 Å². The lowest BCUT2D eigenvalue weighted by Gasteiger charge is -2.17. The van der Waals surface area contributed by atoms with Crippen molar-refractivity contribution in [2.24, 2.45) is 0 Å². The average molecular weight is 409 g/mol. The topological polar surface area (TPSA) is 38.0 Å². The third kappa shape index (κ3) is 3.05. The molecule has 0 bridgehead atoms. The second-order valence-electron chi connectivity index (χ2n) is 4.49. The van der Waals surface area contributed by atoms with Crippen LogP contribution in [-0.2, 0) is 0 Å².